The number of ether oxygens (including phenoxy) is 2. The smallest absolute Gasteiger partial charge is 0.264 e. The van der Waals surface area contributed by atoms with Crippen LogP contribution in [0.3, 0.4) is 0 Å². The summed E-state index contributed by atoms with van der Waals surface area (Å²) in [5, 5.41) is 53.8. The zero-order valence-electron chi connectivity index (χ0n) is 41.6. The highest BCUT2D eigenvalue weighted by molar-refractivity contribution is 7.86. The zero-order chi connectivity index (χ0) is 53.3. The van der Waals surface area contributed by atoms with Crippen molar-refractivity contribution in [3.8, 4) is 17.2 Å². The van der Waals surface area contributed by atoms with Crippen molar-refractivity contribution in [3.63, 3.8) is 0 Å². The Morgan fingerprint density at radius 3 is 1.48 bits per heavy atom. The number of anilines is 2. The fourth-order valence-corrected chi connectivity index (χ4v) is 8.79. The largest absolute Gasteiger partial charge is 0.505 e. The second-order valence-corrected chi connectivity index (χ2v) is 20.9. The van der Waals surface area contributed by atoms with Crippen LogP contribution in [0.4, 0.5) is 56.9 Å². The number of phenols is 1. The highest BCUT2D eigenvalue weighted by atomic mass is 32.2. The maximum Gasteiger partial charge on any atom is 0.264 e. The van der Waals surface area contributed by atoms with Crippen LogP contribution in [0, 0.1) is 34.6 Å². The molecule has 0 aliphatic carbocycles. The Kier molecular flexibility index (Phi) is 16.5. The molecule has 0 saturated carbocycles. The minimum Gasteiger partial charge on any atom is -0.505 e. The average Bonchev–Trinajstić information content (AvgIpc) is 3.36. The van der Waals surface area contributed by atoms with E-state index in [0.717, 1.165) is 49.8 Å². The van der Waals surface area contributed by atoms with E-state index in [9.17, 15) is 26.5 Å². The standard InChI is InChI=1S/C55H53N9O9S2/c1-34-27-49(35(2)26-47(34)59-57-43-18-19-44-39(32-43)12-9-15-53(44)72-22-10-24-74(66,67)68)61-63-51-33-54(73-23-11-25-75(69,70)71)52(30-38(51)5)64-62-50-29-36(3)48(28-37(50)4)60-58-46-21-16-40-31-42(17-20-45(40)55(46)65)56-41-13-7-6-8-14-41/h6-9,12-21,26-33,56,65H,10-11,22-25H2,1-5H3,(H,66,67,68)(H,69,70,71). The first-order chi connectivity index (χ1) is 35.9. The van der Waals surface area contributed by atoms with Gasteiger partial charge >= 0.3 is 0 Å². The first-order valence-corrected chi connectivity index (χ1v) is 26.9. The molecule has 8 aromatic rings. The Morgan fingerprint density at radius 1 is 0.427 bits per heavy atom. The number of azo groups is 4. The van der Waals surface area contributed by atoms with Gasteiger partial charge < -0.3 is 19.9 Å². The van der Waals surface area contributed by atoms with E-state index in [2.05, 4.69) is 46.2 Å². The molecule has 20 heteroatoms. The summed E-state index contributed by atoms with van der Waals surface area (Å²) in [5.41, 5.74) is 9.73. The van der Waals surface area contributed by atoms with Gasteiger partial charge in [-0.15, -0.1) is 10.2 Å². The van der Waals surface area contributed by atoms with Gasteiger partial charge in [0.1, 0.15) is 22.9 Å². The van der Waals surface area contributed by atoms with Gasteiger partial charge in [-0.25, -0.2) is 0 Å². The van der Waals surface area contributed by atoms with Gasteiger partial charge in [-0.2, -0.15) is 47.5 Å². The predicted octanol–water partition coefficient (Wildman–Crippen LogP) is 16.0. The summed E-state index contributed by atoms with van der Waals surface area (Å²) in [6.45, 7) is 9.42. The van der Waals surface area contributed by atoms with Crippen molar-refractivity contribution in [1.82, 2.24) is 0 Å². The predicted molar refractivity (Wildman–Crippen MR) is 292 cm³/mol. The lowest BCUT2D eigenvalue weighted by Gasteiger charge is -2.11. The summed E-state index contributed by atoms with van der Waals surface area (Å²) in [7, 11) is -8.27. The number of aromatic hydroxyl groups is 1. The third-order valence-electron chi connectivity index (χ3n) is 11.8. The number of benzene rings is 8. The first-order valence-electron chi connectivity index (χ1n) is 23.7. The highest BCUT2D eigenvalue weighted by Crippen LogP contribution is 2.41. The molecule has 384 valence electrons. The molecule has 0 bridgehead atoms. The summed E-state index contributed by atoms with van der Waals surface area (Å²) in [6.07, 6.45) is 0.164. The number of rotatable bonds is 20. The SMILES string of the molecule is Cc1cc(N=Nc2cc(OCCCS(=O)(=O)O)c(N=Nc3cc(C)c(N=Nc4ccc5cc(Nc6ccccc6)ccc5c4O)cc3C)cc2C)c(C)cc1N=Nc1ccc2c(OCCCS(=O)(=O)O)cccc2c1. The van der Waals surface area contributed by atoms with Crippen LogP contribution >= 0.6 is 0 Å². The van der Waals surface area contributed by atoms with Crippen LogP contribution in [-0.2, 0) is 20.2 Å². The minimum absolute atomic E-state index is 0.0154. The van der Waals surface area contributed by atoms with Crippen molar-refractivity contribution in [2.45, 2.75) is 47.5 Å². The van der Waals surface area contributed by atoms with Gasteiger partial charge in [-0.1, -0.05) is 36.4 Å². The Balaban J connectivity index is 0.973. The van der Waals surface area contributed by atoms with Crippen molar-refractivity contribution in [2.75, 3.05) is 30.0 Å². The van der Waals surface area contributed by atoms with Gasteiger partial charge in [0.05, 0.1) is 58.8 Å². The monoisotopic (exact) mass is 1050 g/mol. The quantitative estimate of drug-likeness (QED) is 0.0319. The fraction of sp³-hybridized carbons (Fsp3) is 0.200. The van der Waals surface area contributed by atoms with Gasteiger partial charge in [0.25, 0.3) is 20.2 Å². The van der Waals surface area contributed by atoms with Crippen LogP contribution < -0.4 is 14.8 Å². The minimum atomic E-state index is -4.21. The van der Waals surface area contributed by atoms with E-state index < -0.39 is 26.0 Å². The van der Waals surface area contributed by atoms with Crippen molar-refractivity contribution in [2.24, 2.45) is 40.9 Å². The maximum absolute atomic E-state index is 11.5. The first kappa shape index (κ1) is 53.0. The van der Waals surface area contributed by atoms with E-state index in [4.69, 9.17) is 14.0 Å². The Hall–Kier alpha value is -8.30. The summed E-state index contributed by atoms with van der Waals surface area (Å²) in [4.78, 5) is 0. The summed E-state index contributed by atoms with van der Waals surface area (Å²) < 4.78 is 75.2. The number of hydrogen-bond donors (Lipinski definition) is 4. The van der Waals surface area contributed by atoms with Crippen molar-refractivity contribution >= 4 is 98.7 Å². The summed E-state index contributed by atoms with van der Waals surface area (Å²) in [6, 6.07) is 40.9. The van der Waals surface area contributed by atoms with E-state index in [1.165, 1.54) is 0 Å². The highest BCUT2D eigenvalue weighted by Gasteiger charge is 2.14. The van der Waals surface area contributed by atoms with E-state index >= 15 is 0 Å². The third kappa shape index (κ3) is 14.3. The van der Waals surface area contributed by atoms with Crippen LogP contribution in [0.5, 0.6) is 17.2 Å². The van der Waals surface area contributed by atoms with Crippen molar-refractivity contribution < 1.29 is 40.5 Å². The molecule has 0 radical (unpaired) electrons. The summed E-state index contributed by atoms with van der Waals surface area (Å²) in [5.74, 6) is -0.00927. The molecule has 0 fully saturated rings. The Morgan fingerprint density at radius 2 is 0.907 bits per heavy atom. The number of aryl methyl sites for hydroxylation is 5. The van der Waals surface area contributed by atoms with E-state index in [0.29, 0.717) is 62.2 Å². The van der Waals surface area contributed by atoms with Gasteiger partial charge in [-0.05, 0) is 177 Å². The lowest BCUT2D eigenvalue weighted by atomic mass is 10.1. The van der Waals surface area contributed by atoms with E-state index in [1.54, 1.807) is 30.3 Å². The molecule has 75 heavy (non-hydrogen) atoms. The molecular weight excluding hydrogens is 995 g/mol. The normalized spacial score (nSPS) is 12.3. The van der Waals surface area contributed by atoms with Crippen LogP contribution in [0.2, 0.25) is 0 Å². The third-order valence-corrected chi connectivity index (χ3v) is 13.5. The molecule has 4 N–H and O–H groups in total. The molecule has 18 nitrogen and oxygen atoms in total. The molecule has 0 unspecified atom stereocenters. The number of hydrogen-bond acceptors (Lipinski definition) is 16. The van der Waals surface area contributed by atoms with E-state index in [-0.39, 0.29) is 43.3 Å². The van der Waals surface area contributed by atoms with Crippen LogP contribution in [-0.4, -0.2) is 55.8 Å². The van der Waals surface area contributed by atoms with Crippen molar-refractivity contribution in [3.05, 3.63) is 161 Å². The molecule has 0 amide bonds. The molecule has 0 saturated heterocycles. The van der Waals surface area contributed by atoms with E-state index in [1.807, 2.05) is 138 Å². The van der Waals surface area contributed by atoms with Crippen LogP contribution in [0.25, 0.3) is 21.5 Å². The zero-order valence-corrected chi connectivity index (χ0v) is 43.3. The van der Waals surface area contributed by atoms with Crippen molar-refractivity contribution in [1.29, 1.82) is 0 Å². The molecule has 0 atom stereocenters. The van der Waals surface area contributed by atoms with Gasteiger partial charge in [-0.3, -0.25) is 9.11 Å². The maximum atomic E-state index is 11.5. The Bertz CT molecular complexity index is 3800. The van der Waals surface area contributed by atoms with Gasteiger partial charge in [0, 0.05) is 28.2 Å². The molecule has 0 spiro atoms. The van der Waals surface area contributed by atoms with Crippen LogP contribution in [0.1, 0.15) is 40.7 Å². The number of para-hydroxylation sites is 1. The fourth-order valence-electron chi connectivity index (χ4n) is 7.83. The number of phenolic OH excluding ortho intramolecular Hbond substituents is 1. The second kappa shape index (κ2) is 23.3. The molecule has 8 aromatic carbocycles. The molecule has 8 rings (SSSR count). The van der Waals surface area contributed by atoms with Gasteiger partial charge in [0.15, 0.2) is 5.75 Å². The molecule has 0 heterocycles. The summed E-state index contributed by atoms with van der Waals surface area (Å²) >= 11 is 0. The molecule has 0 aromatic heterocycles. The lowest BCUT2D eigenvalue weighted by molar-refractivity contribution is 0.317. The van der Waals surface area contributed by atoms with Gasteiger partial charge in [0.2, 0.25) is 0 Å². The topological polar surface area (TPSA) is 258 Å². The number of nitrogens with zero attached hydrogens (tertiary/aromatic N) is 8. The Labute approximate surface area is 434 Å². The number of nitrogens with one attached hydrogen (secondary N) is 1. The molecular formula is C55H53N9O9S2. The second-order valence-electron chi connectivity index (χ2n) is 17.8. The molecule has 0 aliphatic rings. The van der Waals surface area contributed by atoms with Crippen LogP contribution in [0.15, 0.2) is 174 Å². The number of fused-ring (bicyclic) bond motifs is 2. The lowest BCUT2D eigenvalue weighted by Crippen LogP contribution is -2.08. The molecule has 0 aliphatic heterocycles. The average molecular weight is 1050 g/mol.